The van der Waals surface area contributed by atoms with E-state index in [0.717, 1.165) is 53.9 Å². The van der Waals surface area contributed by atoms with Gasteiger partial charge >= 0.3 is 0 Å². The van der Waals surface area contributed by atoms with E-state index in [9.17, 15) is 9.59 Å². The van der Waals surface area contributed by atoms with Crippen LogP contribution in [0.5, 0.6) is 0 Å². The van der Waals surface area contributed by atoms with Crippen LogP contribution < -0.4 is 5.56 Å². The number of aryl methyl sites for hydroxylation is 2. The molecule has 0 aliphatic heterocycles. The number of thioether (sulfide) groups is 1. The normalized spacial score (nSPS) is 21.0. The fraction of sp³-hybridized carbons (Fsp3) is 0.611. The standard InChI is InChI=1S/C18H22N2O2S2/c1-10(2)20-17(22)15-11-6-5-9-13(11)23-16(15)19-18(20)24-14-8-4-3-7-12(14)21/h10,14H,3-9H2,1-2H3. The van der Waals surface area contributed by atoms with Crippen molar-refractivity contribution in [1.82, 2.24) is 9.55 Å². The molecule has 4 rings (SSSR count). The lowest BCUT2D eigenvalue weighted by atomic mass is 9.99. The van der Waals surface area contributed by atoms with Gasteiger partial charge in [-0.2, -0.15) is 0 Å². The van der Waals surface area contributed by atoms with E-state index in [1.165, 1.54) is 22.2 Å². The fourth-order valence-corrected chi connectivity index (χ4v) is 6.43. The van der Waals surface area contributed by atoms with E-state index >= 15 is 0 Å². The zero-order valence-corrected chi connectivity index (χ0v) is 15.8. The second-order valence-electron chi connectivity index (χ2n) is 7.02. The van der Waals surface area contributed by atoms with Gasteiger partial charge in [-0.05, 0) is 51.5 Å². The van der Waals surface area contributed by atoms with Crippen molar-refractivity contribution in [2.24, 2.45) is 0 Å². The topological polar surface area (TPSA) is 52.0 Å². The highest BCUT2D eigenvalue weighted by molar-refractivity contribution is 8.00. The lowest BCUT2D eigenvalue weighted by molar-refractivity contribution is -0.119. The lowest BCUT2D eigenvalue weighted by Gasteiger charge is -2.22. The minimum atomic E-state index is -0.0418. The number of rotatable bonds is 3. The van der Waals surface area contributed by atoms with Gasteiger partial charge in [0, 0.05) is 17.3 Å². The van der Waals surface area contributed by atoms with E-state index in [1.807, 2.05) is 13.8 Å². The number of nitrogens with zero attached hydrogens (tertiary/aromatic N) is 2. The van der Waals surface area contributed by atoms with Crippen molar-refractivity contribution >= 4 is 39.1 Å². The van der Waals surface area contributed by atoms with Crippen LogP contribution in [0.25, 0.3) is 10.2 Å². The molecule has 0 saturated heterocycles. The summed E-state index contributed by atoms with van der Waals surface area (Å²) in [6.45, 7) is 4.04. The van der Waals surface area contributed by atoms with E-state index < -0.39 is 0 Å². The first kappa shape index (κ1) is 16.3. The van der Waals surface area contributed by atoms with Gasteiger partial charge in [-0.1, -0.05) is 18.2 Å². The highest BCUT2D eigenvalue weighted by Crippen LogP contribution is 2.37. The van der Waals surface area contributed by atoms with Gasteiger partial charge in [0.15, 0.2) is 5.16 Å². The number of aromatic nitrogens is 2. The van der Waals surface area contributed by atoms with Crippen molar-refractivity contribution in [2.45, 2.75) is 75.2 Å². The number of Topliss-reactive ketones (excluding diaryl/α,β-unsaturated/α-hetero) is 1. The zero-order valence-electron chi connectivity index (χ0n) is 14.1. The van der Waals surface area contributed by atoms with Crippen LogP contribution in [0.1, 0.15) is 62.4 Å². The molecule has 128 valence electrons. The zero-order chi connectivity index (χ0) is 16.8. The Morgan fingerprint density at radius 2 is 2.00 bits per heavy atom. The molecule has 1 unspecified atom stereocenters. The van der Waals surface area contributed by atoms with Crippen LogP contribution in [0.3, 0.4) is 0 Å². The first-order chi connectivity index (χ1) is 11.6. The average Bonchev–Trinajstić information content (AvgIpc) is 3.09. The van der Waals surface area contributed by atoms with Gasteiger partial charge in [-0.25, -0.2) is 4.98 Å². The Morgan fingerprint density at radius 3 is 2.75 bits per heavy atom. The van der Waals surface area contributed by atoms with Crippen molar-refractivity contribution in [1.29, 1.82) is 0 Å². The summed E-state index contributed by atoms with van der Waals surface area (Å²) in [4.78, 5) is 32.4. The first-order valence-electron chi connectivity index (χ1n) is 8.82. The van der Waals surface area contributed by atoms with Gasteiger partial charge in [-0.15, -0.1) is 11.3 Å². The Balaban J connectivity index is 1.84. The van der Waals surface area contributed by atoms with Crippen LogP contribution in [0.2, 0.25) is 0 Å². The van der Waals surface area contributed by atoms with Crippen LogP contribution in [0, 0.1) is 0 Å². The summed E-state index contributed by atoms with van der Waals surface area (Å²) in [6, 6.07) is 0.0487. The number of hydrogen-bond donors (Lipinski definition) is 0. The highest BCUT2D eigenvalue weighted by atomic mass is 32.2. The number of carbonyl (C=O) groups excluding carboxylic acids is 1. The lowest BCUT2D eigenvalue weighted by Crippen LogP contribution is -2.28. The summed E-state index contributed by atoms with van der Waals surface area (Å²) in [5.74, 6) is 0.310. The van der Waals surface area contributed by atoms with E-state index in [0.29, 0.717) is 12.2 Å². The molecule has 1 atom stereocenters. The Hall–Kier alpha value is -1.14. The van der Waals surface area contributed by atoms with Crippen molar-refractivity contribution in [3.63, 3.8) is 0 Å². The van der Waals surface area contributed by atoms with E-state index in [-0.39, 0.29) is 16.9 Å². The fourth-order valence-electron chi connectivity index (χ4n) is 3.78. The van der Waals surface area contributed by atoms with Gasteiger partial charge in [0.2, 0.25) is 0 Å². The largest absolute Gasteiger partial charge is 0.298 e. The van der Waals surface area contributed by atoms with Gasteiger partial charge in [0.1, 0.15) is 10.6 Å². The smallest absolute Gasteiger partial charge is 0.263 e. The van der Waals surface area contributed by atoms with Crippen molar-refractivity contribution in [3.05, 3.63) is 20.8 Å². The monoisotopic (exact) mass is 362 g/mol. The van der Waals surface area contributed by atoms with E-state index in [2.05, 4.69) is 0 Å². The molecule has 2 aliphatic rings. The first-order valence-corrected chi connectivity index (χ1v) is 10.5. The maximum absolute atomic E-state index is 13.2. The molecule has 0 radical (unpaired) electrons. The molecule has 0 N–H and O–H groups in total. The van der Waals surface area contributed by atoms with Gasteiger partial charge < -0.3 is 0 Å². The summed E-state index contributed by atoms with van der Waals surface area (Å²) >= 11 is 3.18. The Kier molecular flexibility index (Phi) is 4.29. The third-order valence-electron chi connectivity index (χ3n) is 5.00. The maximum atomic E-state index is 13.2. The molecule has 0 bridgehead atoms. The minimum Gasteiger partial charge on any atom is -0.298 e. The number of hydrogen-bond acceptors (Lipinski definition) is 5. The van der Waals surface area contributed by atoms with Crippen LogP contribution in [0.15, 0.2) is 9.95 Å². The average molecular weight is 363 g/mol. The quantitative estimate of drug-likeness (QED) is 0.770. The molecule has 1 saturated carbocycles. The van der Waals surface area contributed by atoms with Crippen molar-refractivity contribution < 1.29 is 4.79 Å². The molecular formula is C18H22N2O2S2. The van der Waals surface area contributed by atoms with Crippen LogP contribution in [0.4, 0.5) is 0 Å². The summed E-state index contributed by atoms with van der Waals surface area (Å²) in [7, 11) is 0. The number of carbonyl (C=O) groups is 1. The summed E-state index contributed by atoms with van der Waals surface area (Å²) in [5.41, 5.74) is 1.31. The minimum absolute atomic E-state index is 0.0418. The maximum Gasteiger partial charge on any atom is 0.263 e. The predicted molar refractivity (Wildman–Crippen MR) is 99.4 cm³/mol. The summed E-state index contributed by atoms with van der Waals surface area (Å²) in [5, 5.41) is 1.52. The van der Waals surface area contributed by atoms with Crippen molar-refractivity contribution in [2.75, 3.05) is 0 Å². The molecule has 2 aliphatic carbocycles. The molecule has 0 aromatic carbocycles. The molecule has 0 spiro atoms. The SMILES string of the molecule is CC(C)n1c(SC2CCCCC2=O)nc2sc3c(c2c1=O)CCC3. The predicted octanol–water partition coefficient (Wildman–Crippen LogP) is 4.13. The molecule has 6 heteroatoms. The number of ketones is 1. The number of thiophene rings is 1. The molecule has 2 heterocycles. The molecule has 2 aromatic heterocycles. The Morgan fingerprint density at radius 1 is 1.17 bits per heavy atom. The second kappa shape index (κ2) is 6.30. The molecule has 2 aromatic rings. The van der Waals surface area contributed by atoms with E-state index in [1.54, 1.807) is 15.9 Å². The van der Waals surface area contributed by atoms with Crippen LogP contribution >= 0.6 is 23.1 Å². The highest BCUT2D eigenvalue weighted by Gasteiger charge is 2.28. The van der Waals surface area contributed by atoms with Gasteiger partial charge in [-0.3, -0.25) is 14.2 Å². The third-order valence-corrected chi connectivity index (χ3v) is 7.47. The van der Waals surface area contributed by atoms with Crippen LogP contribution in [-0.4, -0.2) is 20.6 Å². The van der Waals surface area contributed by atoms with Crippen LogP contribution in [-0.2, 0) is 17.6 Å². The molecule has 4 nitrogen and oxygen atoms in total. The van der Waals surface area contributed by atoms with Gasteiger partial charge in [0.25, 0.3) is 5.56 Å². The van der Waals surface area contributed by atoms with Crippen molar-refractivity contribution in [3.8, 4) is 0 Å². The third kappa shape index (κ3) is 2.64. The number of fused-ring (bicyclic) bond motifs is 3. The summed E-state index contributed by atoms with van der Waals surface area (Å²) in [6.07, 6.45) is 6.86. The molecule has 24 heavy (non-hydrogen) atoms. The van der Waals surface area contributed by atoms with Gasteiger partial charge in [0.05, 0.1) is 10.6 Å². The molecular weight excluding hydrogens is 340 g/mol. The molecule has 1 fully saturated rings. The molecule has 0 amide bonds. The summed E-state index contributed by atoms with van der Waals surface area (Å²) < 4.78 is 1.81. The second-order valence-corrected chi connectivity index (χ2v) is 9.27. The Labute approximate surface area is 149 Å². The Bertz CT molecular complexity index is 866. The van der Waals surface area contributed by atoms with E-state index in [4.69, 9.17) is 4.98 Å².